The third-order valence-electron chi connectivity index (χ3n) is 3.18. The summed E-state index contributed by atoms with van der Waals surface area (Å²) in [5, 5.41) is 13.1. The number of anilines is 2. The summed E-state index contributed by atoms with van der Waals surface area (Å²) in [7, 11) is 1.33. The van der Waals surface area contributed by atoms with E-state index in [1.807, 2.05) is 25.1 Å². The van der Waals surface area contributed by atoms with Crippen molar-refractivity contribution in [3.05, 3.63) is 58.1 Å². The summed E-state index contributed by atoms with van der Waals surface area (Å²) in [5.74, 6) is -0.451. The van der Waals surface area contributed by atoms with E-state index < -0.39 is 5.97 Å². The number of hydrogen-bond donors (Lipinski definition) is 2. The zero-order valence-corrected chi connectivity index (χ0v) is 12.6. The van der Waals surface area contributed by atoms with E-state index >= 15 is 0 Å². The Bertz CT molecular complexity index is 671. The minimum absolute atomic E-state index is 0.0991. The van der Waals surface area contributed by atoms with Crippen LogP contribution in [0.4, 0.5) is 11.4 Å². The highest BCUT2D eigenvalue weighted by Gasteiger charge is 2.14. The molecule has 0 aromatic heterocycles. The molecule has 2 aromatic carbocycles. The van der Waals surface area contributed by atoms with Gasteiger partial charge in [0, 0.05) is 16.3 Å². The van der Waals surface area contributed by atoms with E-state index in [9.17, 15) is 9.90 Å². The molecule has 21 heavy (non-hydrogen) atoms. The quantitative estimate of drug-likeness (QED) is 0.846. The van der Waals surface area contributed by atoms with Gasteiger partial charge in [0.05, 0.1) is 25.0 Å². The third kappa shape index (κ3) is 3.35. The van der Waals surface area contributed by atoms with E-state index in [4.69, 9.17) is 16.3 Å². The van der Waals surface area contributed by atoms with Crippen molar-refractivity contribution in [3.8, 4) is 0 Å². The first kappa shape index (κ1) is 15.4. The van der Waals surface area contributed by atoms with Crippen molar-refractivity contribution >= 4 is 28.9 Å². The predicted molar refractivity (Wildman–Crippen MR) is 83.2 cm³/mol. The van der Waals surface area contributed by atoms with Crippen molar-refractivity contribution in [3.63, 3.8) is 0 Å². The van der Waals surface area contributed by atoms with Crippen molar-refractivity contribution in [2.75, 3.05) is 12.4 Å². The molecule has 0 saturated heterocycles. The van der Waals surface area contributed by atoms with Gasteiger partial charge in [0.15, 0.2) is 0 Å². The second-order valence-electron chi connectivity index (χ2n) is 4.57. The minimum Gasteiger partial charge on any atom is -0.465 e. The maximum absolute atomic E-state index is 11.8. The maximum Gasteiger partial charge on any atom is 0.339 e. The van der Waals surface area contributed by atoms with Crippen LogP contribution in [0.3, 0.4) is 0 Å². The van der Waals surface area contributed by atoms with Crippen LogP contribution in [0.2, 0.25) is 5.02 Å². The number of para-hydroxylation sites is 1. The number of aryl methyl sites for hydroxylation is 1. The van der Waals surface area contributed by atoms with Crippen LogP contribution in [0.1, 0.15) is 21.5 Å². The van der Waals surface area contributed by atoms with Crippen LogP contribution in [0.5, 0.6) is 0 Å². The predicted octanol–water partition coefficient (Wildman–Crippen LogP) is 3.67. The molecule has 0 spiro atoms. The van der Waals surface area contributed by atoms with Crippen molar-refractivity contribution in [2.24, 2.45) is 0 Å². The summed E-state index contributed by atoms with van der Waals surface area (Å²) in [6.07, 6.45) is 0. The van der Waals surface area contributed by atoms with E-state index in [0.29, 0.717) is 16.3 Å². The molecule has 0 radical (unpaired) electrons. The fourth-order valence-electron chi connectivity index (χ4n) is 2.08. The SMILES string of the molecule is COC(=O)c1ccc(Cl)cc1Nc1c(C)cccc1CO. The summed E-state index contributed by atoms with van der Waals surface area (Å²) in [4.78, 5) is 11.8. The van der Waals surface area contributed by atoms with Gasteiger partial charge in [-0.3, -0.25) is 0 Å². The van der Waals surface area contributed by atoms with Crippen LogP contribution in [0, 0.1) is 6.92 Å². The second-order valence-corrected chi connectivity index (χ2v) is 5.01. The van der Waals surface area contributed by atoms with Gasteiger partial charge >= 0.3 is 5.97 Å². The summed E-state index contributed by atoms with van der Waals surface area (Å²) in [5.41, 5.74) is 3.38. The average Bonchev–Trinajstić information content (AvgIpc) is 2.48. The molecule has 0 bridgehead atoms. The van der Waals surface area contributed by atoms with Crippen molar-refractivity contribution in [2.45, 2.75) is 13.5 Å². The van der Waals surface area contributed by atoms with Crippen LogP contribution in [0.15, 0.2) is 36.4 Å². The molecular weight excluding hydrogens is 290 g/mol. The molecule has 0 amide bonds. The molecule has 0 aliphatic heterocycles. The number of rotatable bonds is 4. The normalized spacial score (nSPS) is 10.3. The van der Waals surface area contributed by atoms with Crippen LogP contribution < -0.4 is 5.32 Å². The molecule has 2 rings (SSSR count). The molecule has 0 saturated carbocycles. The van der Waals surface area contributed by atoms with Crippen LogP contribution in [-0.2, 0) is 11.3 Å². The van der Waals surface area contributed by atoms with Crippen molar-refractivity contribution in [1.82, 2.24) is 0 Å². The summed E-state index contributed by atoms with van der Waals surface area (Å²) in [6.45, 7) is 1.82. The van der Waals surface area contributed by atoms with Crippen LogP contribution in [0.25, 0.3) is 0 Å². The lowest BCUT2D eigenvalue weighted by atomic mass is 10.1. The number of aliphatic hydroxyl groups is 1. The van der Waals surface area contributed by atoms with E-state index in [0.717, 1.165) is 16.8 Å². The number of hydrogen-bond acceptors (Lipinski definition) is 4. The Kier molecular flexibility index (Phi) is 4.83. The number of carbonyl (C=O) groups excluding carboxylic acids is 1. The molecule has 2 aromatic rings. The van der Waals surface area contributed by atoms with Gasteiger partial charge in [-0.15, -0.1) is 0 Å². The van der Waals surface area contributed by atoms with Crippen molar-refractivity contribution in [1.29, 1.82) is 0 Å². The van der Waals surface area contributed by atoms with Gasteiger partial charge in [-0.2, -0.15) is 0 Å². The van der Waals surface area contributed by atoms with Crippen LogP contribution >= 0.6 is 11.6 Å². The molecule has 0 fully saturated rings. The van der Waals surface area contributed by atoms with Crippen molar-refractivity contribution < 1.29 is 14.6 Å². The van der Waals surface area contributed by atoms with E-state index in [-0.39, 0.29) is 6.61 Å². The van der Waals surface area contributed by atoms with Gasteiger partial charge in [-0.05, 0) is 30.7 Å². The number of nitrogens with one attached hydrogen (secondary N) is 1. The van der Waals surface area contributed by atoms with Gasteiger partial charge in [0.25, 0.3) is 0 Å². The fraction of sp³-hybridized carbons (Fsp3) is 0.188. The lowest BCUT2D eigenvalue weighted by Gasteiger charge is -2.16. The van der Waals surface area contributed by atoms with E-state index in [2.05, 4.69) is 5.32 Å². The van der Waals surface area contributed by atoms with Gasteiger partial charge in [0.1, 0.15) is 0 Å². The Balaban J connectivity index is 2.49. The zero-order chi connectivity index (χ0) is 15.4. The molecule has 0 atom stereocenters. The average molecular weight is 306 g/mol. The molecule has 110 valence electrons. The topological polar surface area (TPSA) is 58.6 Å². The fourth-order valence-corrected chi connectivity index (χ4v) is 2.25. The van der Waals surface area contributed by atoms with E-state index in [1.165, 1.54) is 7.11 Å². The molecule has 2 N–H and O–H groups in total. The monoisotopic (exact) mass is 305 g/mol. The second kappa shape index (κ2) is 6.61. The lowest BCUT2D eigenvalue weighted by Crippen LogP contribution is -2.07. The van der Waals surface area contributed by atoms with Crippen LogP contribution in [-0.4, -0.2) is 18.2 Å². The number of benzene rings is 2. The van der Waals surface area contributed by atoms with Gasteiger partial charge in [-0.25, -0.2) is 4.79 Å². The standard InChI is InChI=1S/C16H16ClNO3/c1-10-4-3-5-11(9-19)15(10)18-14-8-12(17)6-7-13(14)16(20)21-2/h3-8,18-19H,9H2,1-2H3. The minimum atomic E-state index is -0.451. The Hall–Kier alpha value is -2.04. The Morgan fingerprint density at radius 3 is 2.76 bits per heavy atom. The first-order chi connectivity index (χ1) is 10.1. The molecule has 4 nitrogen and oxygen atoms in total. The maximum atomic E-state index is 11.8. The largest absolute Gasteiger partial charge is 0.465 e. The Morgan fingerprint density at radius 1 is 1.33 bits per heavy atom. The molecule has 0 aliphatic rings. The molecular formula is C16H16ClNO3. The third-order valence-corrected chi connectivity index (χ3v) is 3.41. The first-order valence-electron chi connectivity index (χ1n) is 6.41. The lowest BCUT2D eigenvalue weighted by molar-refractivity contribution is 0.0602. The summed E-state index contributed by atoms with van der Waals surface area (Å²) >= 11 is 6.00. The number of esters is 1. The number of carbonyl (C=O) groups is 1. The summed E-state index contributed by atoms with van der Waals surface area (Å²) in [6, 6.07) is 10.5. The number of aliphatic hydroxyl groups excluding tert-OH is 1. The smallest absolute Gasteiger partial charge is 0.339 e. The zero-order valence-electron chi connectivity index (χ0n) is 11.8. The molecule has 5 heteroatoms. The highest BCUT2D eigenvalue weighted by molar-refractivity contribution is 6.31. The van der Waals surface area contributed by atoms with E-state index in [1.54, 1.807) is 18.2 Å². The van der Waals surface area contributed by atoms with Gasteiger partial charge in [-0.1, -0.05) is 29.8 Å². The number of halogens is 1. The Labute approximate surface area is 128 Å². The van der Waals surface area contributed by atoms with Gasteiger partial charge in [0.2, 0.25) is 0 Å². The Morgan fingerprint density at radius 2 is 2.10 bits per heavy atom. The highest BCUT2D eigenvalue weighted by Crippen LogP contribution is 2.29. The number of ether oxygens (including phenoxy) is 1. The molecule has 0 heterocycles. The first-order valence-corrected chi connectivity index (χ1v) is 6.79. The number of methoxy groups -OCH3 is 1. The summed E-state index contributed by atoms with van der Waals surface area (Å²) < 4.78 is 4.77. The highest BCUT2D eigenvalue weighted by atomic mass is 35.5. The van der Waals surface area contributed by atoms with Gasteiger partial charge < -0.3 is 15.2 Å². The molecule has 0 aliphatic carbocycles. The molecule has 0 unspecified atom stereocenters.